The van der Waals surface area contributed by atoms with Gasteiger partial charge in [-0.1, -0.05) is 24.3 Å². The average Bonchev–Trinajstić information content (AvgIpc) is 2.74. The Morgan fingerprint density at radius 2 is 1.89 bits per heavy atom. The highest BCUT2D eigenvalue weighted by Crippen LogP contribution is 2.29. The van der Waals surface area contributed by atoms with E-state index in [-0.39, 0.29) is 6.61 Å². The van der Waals surface area contributed by atoms with Gasteiger partial charge in [0.1, 0.15) is 17.8 Å². The van der Waals surface area contributed by atoms with Gasteiger partial charge in [0.2, 0.25) is 0 Å². The van der Waals surface area contributed by atoms with E-state index in [1.165, 1.54) is 0 Å². The summed E-state index contributed by atoms with van der Waals surface area (Å²) in [5.41, 5.74) is 2.41. The fourth-order valence-corrected chi connectivity index (χ4v) is 2.01. The predicted octanol–water partition coefficient (Wildman–Crippen LogP) is 3.78. The minimum atomic E-state index is -1.27. The lowest BCUT2D eigenvalue weighted by Gasteiger charge is -2.00. The number of para-hydroxylation sites is 1. The van der Waals surface area contributed by atoms with E-state index in [9.17, 15) is 4.79 Å². The third-order valence-corrected chi connectivity index (χ3v) is 2.80. The minimum Gasteiger partial charge on any atom is -0.456 e. The van der Waals surface area contributed by atoms with Gasteiger partial charge in [-0.3, -0.25) is 0 Å². The highest BCUT2D eigenvalue weighted by molar-refractivity contribution is 6.04. The van der Waals surface area contributed by atoms with Crippen LogP contribution in [-0.2, 0) is 11.3 Å². The minimum absolute atomic E-state index is 0.0464. The first kappa shape index (κ1) is 10.7. The normalized spacial score (nSPS) is 10.9. The van der Waals surface area contributed by atoms with E-state index in [1.54, 1.807) is 6.07 Å². The van der Waals surface area contributed by atoms with Gasteiger partial charge in [-0.05, 0) is 23.8 Å². The van der Waals surface area contributed by atoms with E-state index in [4.69, 9.17) is 9.52 Å². The molecular weight excluding hydrogens is 232 g/mol. The average molecular weight is 242 g/mol. The number of hydrogen-bond acceptors (Lipinski definition) is 3. The molecule has 0 amide bonds. The fourth-order valence-electron chi connectivity index (χ4n) is 2.01. The summed E-state index contributed by atoms with van der Waals surface area (Å²) in [6.45, 7) is 0.0464. The first-order valence-electron chi connectivity index (χ1n) is 5.50. The number of benzene rings is 2. The number of carbonyl (C=O) groups is 1. The fraction of sp³-hybridized carbons (Fsp3) is 0.0714. The van der Waals surface area contributed by atoms with Crippen LogP contribution in [0.5, 0.6) is 0 Å². The molecule has 1 heterocycles. The number of carboxylic acid groups (broad SMARTS) is 1. The van der Waals surface area contributed by atoms with Crippen LogP contribution in [0.1, 0.15) is 5.56 Å². The van der Waals surface area contributed by atoms with Crippen molar-refractivity contribution < 1.29 is 19.1 Å². The maximum atomic E-state index is 10.4. The maximum absolute atomic E-state index is 10.4. The number of ether oxygens (including phenoxy) is 1. The van der Waals surface area contributed by atoms with E-state index in [0.717, 1.165) is 27.5 Å². The Kier molecular flexibility index (Phi) is 2.41. The van der Waals surface area contributed by atoms with Gasteiger partial charge in [0, 0.05) is 10.8 Å². The van der Waals surface area contributed by atoms with Gasteiger partial charge >= 0.3 is 6.16 Å². The third-order valence-electron chi connectivity index (χ3n) is 2.80. The summed E-state index contributed by atoms with van der Waals surface area (Å²) in [5, 5.41) is 10.5. The molecule has 3 rings (SSSR count). The van der Waals surface area contributed by atoms with Gasteiger partial charge in [-0.15, -0.1) is 0 Å². The quantitative estimate of drug-likeness (QED) is 0.694. The second-order valence-electron chi connectivity index (χ2n) is 3.98. The number of fused-ring (bicyclic) bond motifs is 3. The lowest BCUT2D eigenvalue weighted by atomic mass is 10.1. The molecule has 0 fully saturated rings. The molecule has 0 aliphatic carbocycles. The molecule has 18 heavy (non-hydrogen) atoms. The second-order valence-corrected chi connectivity index (χ2v) is 3.98. The third kappa shape index (κ3) is 1.78. The van der Waals surface area contributed by atoms with Crippen LogP contribution in [0.15, 0.2) is 46.9 Å². The number of rotatable bonds is 2. The molecule has 0 aliphatic rings. The smallest absolute Gasteiger partial charge is 0.456 e. The molecule has 0 spiro atoms. The van der Waals surface area contributed by atoms with Crippen LogP contribution in [0.2, 0.25) is 0 Å². The highest BCUT2D eigenvalue weighted by Gasteiger charge is 2.07. The summed E-state index contributed by atoms with van der Waals surface area (Å²) in [7, 11) is 0. The summed E-state index contributed by atoms with van der Waals surface area (Å²) >= 11 is 0. The van der Waals surface area contributed by atoms with Crippen molar-refractivity contribution in [2.75, 3.05) is 0 Å². The Morgan fingerprint density at radius 3 is 2.72 bits per heavy atom. The Balaban J connectivity index is 2.09. The van der Waals surface area contributed by atoms with Gasteiger partial charge in [-0.2, -0.15) is 0 Å². The van der Waals surface area contributed by atoms with E-state index < -0.39 is 6.16 Å². The summed E-state index contributed by atoms with van der Waals surface area (Å²) in [6, 6.07) is 13.3. The summed E-state index contributed by atoms with van der Waals surface area (Å²) < 4.78 is 10.2. The largest absolute Gasteiger partial charge is 0.506 e. The van der Waals surface area contributed by atoms with Crippen LogP contribution < -0.4 is 0 Å². The molecule has 1 aromatic heterocycles. The van der Waals surface area contributed by atoms with Gasteiger partial charge in [-0.25, -0.2) is 4.79 Å². The molecule has 2 aromatic carbocycles. The molecule has 0 radical (unpaired) electrons. The maximum Gasteiger partial charge on any atom is 0.506 e. The Bertz CT molecular complexity index is 727. The van der Waals surface area contributed by atoms with Crippen LogP contribution >= 0.6 is 0 Å². The zero-order valence-corrected chi connectivity index (χ0v) is 9.42. The van der Waals surface area contributed by atoms with Gasteiger partial charge in [0.15, 0.2) is 0 Å². The van der Waals surface area contributed by atoms with Crippen LogP contribution in [0.4, 0.5) is 4.79 Å². The van der Waals surface area contributed by atoms with Crippen LogP contribution in [0, 0.1) is 0 Å². The van der Waals surface area contributed by atoms with Crippen molar-refractivity contribution in [3.05, 3.63) is 48.0 Å². The Morgan fingerprint density at radius 1 is 1.11 bits per heavy atom. The molecule has 1 N–H and O–H groups in total. The predicted molar refractivity (Wildman–Crippen MR) is 66.5 cm³/mol. The van der Waals surface area contributed by atoms with Crippen molar-refractivity contribution in [2.24, 2.45) is 0 Å². The number of furan rings is 1. The monoisotopic (exact) mass is 242 g/mol. The lowest BCUT2D eigenvalue weighted by Crippen LogP contribution is -1.99. The van der Waals surface area contributed by atoms with Crippen molar-refractivity contribution >= 4 is 28.1 Å². The van der Waals surface area contributed by atoms with Gasteiger partial charge in [0.05, 0.1) is 0 Å². The molecular formula is C14H10O4. The number of hydrogen-bond donors (Lipinski definition) is 1. The topological polar surface area (TPSA) is 59.7 Å². The summed E-state index contributed by atoms with van der Waals surface area (Å²) in [5.74, 6) is 0. The summed E-state index contributed by atoms with van der Waals surface area (Å²) in [6.07, 6.45) is -1.27. The van der Waals surface area contributed by atoms with Crippen LogP contribution in [0.25, 0.3) is 21.9 Å². The molecule has 90 valence electrons. The van der Waals surface area contributed by atoms with Crippen molar-refractivity contribution in [3.63, 3.8) is 0 Å². The molecule has 0 aliphatic heterocycles. The van der Waals surface area contributed by atoms with Crippen LogP contribution in [0.3, 0.4) is 0 Å². The molecule has 0 atom stereocenters. The van der Waals surface area contributed by atoms with Crippen molar-refractivity contribution in [1.29, 1.82) is 0 Å². The van der Waals surface area contributed by atoms with Crippen LogP contribution in [-0.4, -0.2) is 11.3 Å². The zero-order chi connectivity index (χ0) is 12.5. The second kappa shape index (κ2) is 4.07. The molecule has 0 saturated heterocycles. The molecule has 0 saturated carbocycles. The molecule has 0 unspecified atom stereocenters. The van der Waals surface area contributed by atoms with E-state index in [2.05, 4.69) is 4.74 Å². The van der Waals surface area contributed by atoms with E-state index in [1.807, 2.05) is 36.4 Å². The van der Waals surface area contributed by atoms with E-state index >= 15 is 0 Å². The van der Waals surface area contributed by atoms with Gasteiger partial charge in [0.25, 0.3) is 0 Å². The molecule has 4 heteroatoms. The Hall–Kier alpha value is -2.49. The lowest BCUT2D eigenvalue weighted by molar-refractivity contribution is 0.0854. The first-order chi connectivity index (χ1) is 8.74. The van der Waals surface area contributed by atoms with Crippen molar-refractivity contribution in [3.8, 4) is 0 Å². The molecule has 4 nitrogen and oxygen atoms in total. The first-order valence-corrected chi connectivity index (χ1v) is 5.50. The standard InChI is InChI=1S/C14H10O4/c15-14(16)17-8-9-5-6-13-11(7-9)10-3-1-2-4-12(10)18-13/h1-7H,8H2,(H,15,16). The molecule has 3 aromatic rings. The van der Waals surface area contributed by atoms with Crippen molar-refractivity contribution in [2.45, 2.75) is 6.61 Å². The van der Waals surface area contributed by atoms with Crippen molar-refractivity contribution in [1.82, 2.24) is 0 Å². The zero-order valence-electron chi connectivity index (χ0n) is 9.42. The summed E-state index contributed by atoms with van der Waals surface area (Å²) in [4.78, 5) is 10.4. The molecule has 0 bridgehead atoms. The Labute approximate surface area is 102 Å². The highest BCUT2D eigenvalue weighted by atomic mass is 16.7. The SMILES string of the molecule is O=C(O)OCc1ccc2oc3ccccc3c2c1. The van der Waals surface area contributed by atoms with E-state index in [0.29, 0.717) is 0 Å². The van der Waals surface area contributed by atoms with Gasteiger partial charge < -0.3 is 14.3 Å².